The van der Waals surface area contributed by atoms with E-state index in [1.165, 1.54) is 5.56 Å². The largest absolute Gasteiger partial charge is 0.463 e. The van der Waals surface area contributed by atoms with E-state index in [0.717, 1.165) is 36.6 Å². The van der Waals surface area contributed by atoms with Gasteiger partial charge in [0.25, 0.3) is 0 Å². The Morgan fingerprint density at radius 1 is 1.22 bits per heavy atom. The van der Waals surface area contributed by atoms with E-state index < -0.39 is 6.04 Å². The molecule has 146 valence electrons. The number of hydrogen-bond donors (Lipinski definition) is 2. The van der Waals surface area contributed by atoms with E-state index in [-0.39, 0.29) is 12.0 Å². The summed E-state index contributed by atoms with van der Waals surface area (Å²) in [5.41, 5.74) is 3.25. The summed E-state index contributed by atoms with van der Waals surface area (Å²) in [5.74, 6) is 1.75. The number of aryl methyl sites for hydroxylation is 1. The van der Waals surface area contributed by atoms with E-state index in [0.29, 0.717) is 24.4 Å². The summed E-state index contributed by atoms with van der Waals surface area (Å²) in [6.07, 6.45) is 0.942. The summed E-state index contributed by atoms with van der Waals surface area (Å²) in [7, 11) is 0. The van der Waals surface area contributed by atoms with E-state index in [4.69, 9.17) is 4.74 Å². The molecule has 0 spiro atoms. The van der Waals surface area contributed by atoms with E-state index in [2.05, 4.69) is 22.5 Å². The van der Waals surface area contributed by atoms with Gasteiger partial charge in [-0.05, 0) is 24.5 Å². The Morgan fingerprint density at radius 3 is 2.56 bits per heavy atom. The van der Waals surface area contributed by atoms with Gasteiger partial charge in [0.1, 0.15) is 0 Å². The van der Waals surface area contributed by atoms with Crippen LogP contribution in [-0.2, 0) is 16.0 Å². The number of nitrogens with one attached hydrogen (secondary N) is 2. The summed E-state index contributed by atoms with van der Waals surface area (Å²) >= 11 is 1.93. The number of thioether (sulfide) groups is 1. The van der Waals surface area contributed by atoms with Crippen molar-refractivity contribution in [1.29, 1.82) is 0 Å². The zero-order valence-electron chi connectivity index (χ0n) is 15.9. The molecule has 0 radical (unpaired) electrons. The topological polar surface area (TPSA) is 70.7 Å². The van der Waals surface area contributed by atoms with Crippen LogP contribution in [0.1, 0.15) is 31.0 Å². The van der Waals surface area contributed by atoms with Crippen molar-refractivity contribution >= 4 is 23.8 Å². The van der Waals surface area contributed by atoms with Gasteiger partial charge < -0.3 is 15.4 Å². The van der Waals surface area contributed by atoms with Gasteiger partial charge in [-0.15, -0.1) is 0 Å². The number of nitrogens with zero attached hydrogens (tertiary/aromatic N) is 1. The van der Waals surface area contributed by atoms with Crippen LogP contribution in [0.15, 0.2) is 35.5 Å². The molecule has 1 unspecified atom stereocenters. The Balaban J connectivity index is 1.95. The Labute approximate surface area is 164 Å². The normalized spacial score (nSPS) is 20.8. The van der Waals surface area contributed by atoms with Crippen LogP contribution in [-0.4, -0.2) is 54.6 Å². The third-order valence-electron chi connectivity index (χ3n) is 4.86. The first kappa shape index (κ1) is 19.8. The minimum atomic E-state index is -0.502. The first-order valence-electron chi connectivity index (χ1n) is 9.49. The molecule has 1 atom stereocenters. The highest BCUT2D eigenvalue weighted by atomic mass is 32.2. The number of carbonyl (C=O) groups excluding carboxylic acids is 2. The average Bonchev–Trinajstić information content (AvgIpc) is 2.68. The van der Waals surface area contributed by atoms with E-state index >= 15 is 0 Å². The van der Waals surface area contributed by atoms with Gasteiger partial charge in [0, 0.05) is 36.8 Å². The van der Waals surface area contributed by atoms with Crippen LogP contribution < -0.4 is 10.6 Å². The highest BCUT2D eigenvalue weighted by Gasteiger charge is 2.34. The minimum absolute atomic E-state index is 0.283. The number of hydrogen-bond acceptors (Lipinski definition) is 5. The zero-order chi connectivity index (χ0) is 19.2. The standard InChI is InChI=1S/C20H27N3O3S/c1-3-14-5-7-15(8-6-14)18-17(19(24)26-4-2)16(21-20(25)22-18)13-23-9-11-27-12-10-23/h5-8,18H,3-4,9-13H2,1-2H3,(H2,21,22,25). The highest BCUT2D eigenvalue weighted by Crippen LogP contribution is 2.29. The lowest BCUT2D eigenvalue weighted by atomic mass is 9.94. The van der Waals surface area contributed by atoms with Crippen LogP contribution in [0.2, 0.25) is 0 Å². The fourth-order valence-electron chi connectivity index (χ4n) is 3.37. The fraction of sp³-hybridized carbons (Fsp3) is 0.500. The van der Waals surface area contributed by atoms with Crippen molar-refractivity contribution in [2.45, 2.75) is 26.3 Å². The molecule has 27 heavy (non-hydrogen) atoms. The molecule has 0 saturated carbocycles. The molecule has 2 N–H and O–H groups in total. The quantitative estimate of drug-likeness (QED) is 0.732. The van der Waals surface area contributed by atoms with E-state index in [9.17, 15) is 9.59 Å². The second-order valence-corrected chi connectivity index (χ2v) is 7.85. The molecule has 1 saturated heterocycles. The van der Waals surface area contributed by atoms with Gasteiger partial charge in [0.15, 0.2) is 0 Å². The van der Waals surface area contributed by atoms with Crippen LogP contribution in [0.4, 0.5) is 4.79 Å². The second kappa shape index (κ2) is 9.28. The smallest absolute Gasteiger partial charge is 0.338 e. The first-order chi connectivity index (χ1) is 13.1. The molecular formula is C20H27N3O3S. The summed E-state index contributed by atoms with van der Waals surface area (Å²) in [4.78, 5) is 27.4. The Bertz CT molecular complexity index is 712. The maximum absolute atomic E-state index is 12.8. The molecule has 7 heteroatoms. The van der Waals surface area contributed by atoms with Crippen LogP contribution >= 0.6 is 11.8 Å². The molecule has 0 aliphatic carbocycles. The highest BCUT2D eigenvalue weighted by molar-refractivity contribution is 7.99. The van der Waals surface area contributed by atoms with Crippen molar-refractivity contribution in [3.63, 3.8) is 0 Å². The van der Waals surface area contributed by atoms with Gasteiger partial charge in [-0.3, -0.25) is 4.90 Å². The molecule has 0 bridgehead atoms. The molecule has 2 heterocycles. The van der Waals surface area contributed by atoms with Gasteiger partial charge in [-0.1, -0.05) is 31.2 Å². The molecule has 3 rings (SSSR count). The lowest BCUT2D eigenvalue weighted by molar-refractivity contribution is -0.139. The number of ether oxygens (including phenoxy) is 1. The van der Waals surface area contributed by atoms with Gasteiger partial charge >= 0.3 is 12.0 Å². The lowest BCUT2D eigenvalue weighted by Crippen LogP contribution is -2.49. The minimum Gasteiger partial charge on any atom is -0.463 e. The Morgan fingerprint density at radius 2 is 1.93 bits per heavy atom. The predicted molar refractivity (Wildman–Crippen MR) is 108 cm³/mol. The maximum atomic E-state index is 12.8. The maximum Gasteiger partial charge on any atom is 0.338 e. The predicted octanol–water partition coefficient (Wildman–Crippen LogP) is 2.47. The van der Waals surface area contributed by atoms with Crippen molar-refractivity contribution in [3.05, 3.63) is 46.7 Å². The number of rotatable bonds is 6. The van der Waals surface area contributed by atoms with Gasteiger partial charge in [-0.25, -0.2) is 9.59 Å². The second-order valence-electron chi connectivity index (χ2n) is 6.63. The lowest BCUT2D eigenvalue weighted by Gasteiger charge is -2.33. The molecule has 2 aliphatic heterocycles. The summed E-state index contributed by atoms with van der Waals surface area (Å²) in [6, 6.07) is 7.24. The third-order valence-corrected chi connectivity index (χ3v) is 5.80. The van der Waals surface area contributed by atoms with Crippen LogP contribution in [0.25, 0.3) is 0 Å². The van der Waals surface area contributed by atoms with Crippen molar-refractivity contribution in [2.24, 2.45) is 0 Å². The Hall–Kier alpha value is -1.99. The van der Waals surface area contributed by atoms with E-state index in [1.54, 1.807) is 6.92 Å². The molecule has 1 aromatic carbocycles. The SMILES string of the molecule is CCOC(=O)C1=C(CN2CCSCC2)NC(=O)NC1c1ccc(CC)cc1. The molecule has 0 aromatic heterocycles. The van der Waals surface area contributed by atoms with Crippen LogP contribution in [0, 0.1) is 0 Å². The zero-order valence-corrected chi connectivity index (χ0v) is 16.7. The molecular weight excluding hydrogens is 362 g/mol. The van der Waals surface area contributed by atoms with Crippen molar-refractivity contribution < 1.29 is 14.3 Å². The summed E-state index contributed by atoms with van der Waals surface area (Å²) < 4.78 is 5.32. The number of benzene rings is 1. The molecule has 2 amide bonds. The third kappa shape index (κ3) is 4.84. The molecule has 1 fully saturated rings. The Kier molecular flexibility index (Phi) is 6.79. The summed E-state index contributed by atoms with van der Waals surface area (Å²) in [6.45, 7) is 6.63. The molecule has 1 aromatic rings. The number of amides is 2. The number of urea groups is 1. The van der Waals surface area contributed by atoms with Crippen molar-refractivity contribution in [2.75, 3.05) is 37.7 Å². The van der Waals surface area contributed by atoms with Crippen molar-refractivity contribution in [1.82, 2.24) is 15.5 Å². The van der Waals surface area contributed by atoms with Gasteiger partial charge in [0.05, 0.1) is 18.2 Å². The summed E-state index contributed by atoms with van der Waals surface area (Å²) in [5, 5.41) is 5.75. The number of esters is 1. The molecule has 2 aliphatic rings. The van der Waals surface area contributed by atoms with E-state index in [1.807, 2.05) is 36.0 Å². The van der Waals surface area contributed by atoms with Crippen LogP contribution in [0.3, 0.4) is 0 Å². The van der Waals surface area contributed by atoms with Gasteiger partial charge in [0.2, 0.25) is 0 Å². The van der Waals surface area contributed by atoms with Gasteiger partial charge in [-0.2, -0.15) is 11.8 Å². The monoisotopic (exact) mass is 389 g/mol. The van der Waals surface area contributed by atoms with Crippen LogP contribution in [0.5, 0.6) is 0 Å². The average molecular weight is 390 g/mol. The number of carbonyl (C=O) groups is 2. The van der Waals surface area contributed by atoms with Crippen molar-refractivity contribution in [3.8, 4) is 0 Å². The fourth-order valence-corrected chi connectivity index (χ4v) is 4.35. The first-order valence-corrected chi connectivity index (χ1v) is 10.6. The molecule has 6 nitrogen and oxygen atoms in total.